The summed E-state index contributed by atoms with van der Waals surface area (Å²) in [4.78, 5) is 25.2. The van der Waals surface area contributed by atoms with Crippen LogP contribution in [0.1, 0.15) is 15.4 Å². The van der Waals surface area contributed by atoms with Crippen molar-refractivity contribution < 1.29 is 9.53 Å². The van der Waals surface area contributed by atoms with E-state index in [4.69, 9.17) is 16.3 Å². The zero-order valence-electron chi connectivity index (χ0n) is 12.9. The Bertz CT molecular complexity index is 915. The van der Waals surface area contributed by atoms with E-state index in [0.717, 1.165) is 25.8 Å². The molecule has 1 fully saturated rings. The van der Waals surface area contributed by atoms with Crippen LogP contribution >= 0.6 is 34.3 Å². The molecule has 0 aliphatic carbocycles. The predicted octanol–water partition coefficient (Wildman–Crippen LogP) is 3.85. The Balaban J connectivity index is 1.69. The van der Waals surface area contributed by atoms with Crippen LogP contribution in [0.3, 0.4) is 0 Å². The molecule has 4 heterocycles. The van der Waals surface area contributed by atoms with Gasteiger partial charge in [0.2, 0.25) is 0 Å². The van der Waals surface area contributed by atoms with E-state index in [9.17, 15) is 4.79 Å². The average molecular weight is 380 g/mol. The van der Waals surface area contributed by atoms with E-state index >= 15 is 0 Å². The van der Waals surface area contributed by atoms with Crippen molar-refractivity contribution >= 4 is 50.4 Å². The van der Waals surface area contributed by atoms with Crippen LogP contribution in [0.4, 0.5) is 0 Å². The van der Waals surface area contributed by atoms with E-state index < -0.39 is 0 Å². The molecule has 4 rings (SSSR count). The van der Waals surface area contributed by atoms with Gasteiger partial charge in [0.1, 0.15) is 9.88 Å². The minimum Gasteiger partial charge on any atom is -0.378 e. The van der Waals surface area contributed by atoms with Crippen LogP contribution < -0.4 is 0 Å². The molecule has 1 saturated heterocycles. The van der Waals surface area contributed by atoms with Crippen molar-refractivity contribution in [3.63, 3.8) is 0 Å². The van der Waals surface area contributed by atoms with E-state index in [2.05, 4.69) is 9.97 Å². The number of carbonyl (C=O) groups excluding carboxylic acids is 1. The number of aryl methyl sites for hydroxylation is 1. The number of hydrogen-bond donors (Lipinski definition) is 0. The summed E-state index contributed by atoms with van der Waals surface area (Å²) in [6, 6.07) is 3.76. The van der Waals surface area contributed by atoms with Crippen molar-refractivity contribution in [2.24, 2.45) is 0 Å². The normalized spacial score (nSPS) is 15.2. The lowest BCUT2D eigenvalue weighted by atomic mass is 10.3. The number of halogens is 1. The second kappa shape index (κ2) is 6.40. The third-order valence-corrected chi connectivity index (χ3v) is 6.76. The third-order valence-electron chi connectivity index (χ3n) is 3.86. The van der Waals surface area contributed by atoms with Crippen LogP contribution in [0.15, 0.2) is 18.3 Å². The molecule has 0 aromatic carbocycles. The highest BCUT2D eigenvalue weighted by molar-refractivity contribution is 7.26. The second-order valence-corrected chi connectivity index (χ2v) is 7.91. The summed E-state index contributed by atoms with van der Waals surface area (Å²) < 4.78 is 6.26. The zero-order chi connectivity index (χ0) is 16.7. The van der Waals surface area contributed by atoms with Crippen molar-refractivity contribution in [3.8, 4) is 9.88 Å². The molecular formula is C16H14ClN3O2S2. The molecule has 0 radical (unpaired) electrons. The molecule has 0 N–H and O–H groups in total. The monoisotopic (exact) mass is 379 g/mol. The summed E-state index contributed by atoms with van der Waals surface area (Å²) in [5.41, 5.74) is 1.62. The lowest BCUT2D eigenvalue weighted by Gasteiger charge is -2.26. The molecular weight excluding hydrogens is 366 g/mol. The maximum atomic E-state index is 12.7. The highest BCUT2D eigenvalue weighted by atomic mass is 35.5. The topological polar surface area (TPSA) is 55.3 Å². The van der Waals surface area contributed by atoms with Crippen LogP contribution in [0.2, 0.25) is 5.02 Å². The summed E-state index contributed by atoms with van der Waals surface area (Å²) >= 11 is 9.21. The molecule has 124 valence electrons. The maximum absolute atomic E-state index is 12.7. The van der Waals surface area contributed by atoms with Crippen molar-refractivity contribution in [1.82, 2.24) is 14.9 Å². The van der Waals surface area contributed by atoms with E-state index in [1.54, 1.807) is 23.6 Å². The lowest BCUT2D eigenvalue weighted by molar-refractivity contribution is 0.0305. The quantitative estimate of drug-likeness (QED) is 0.678. The molecule has 1 aliphatic heterocycles. The molecule has 0 unspecified atom stereocenters. The Labute approximate surface area is 151 Å². The van der Waals surface area contributed by atoms with Gasteiger partial charge in [-0.05, 0) is 19.1 Å². The lowest BCUT2D eigenvalue weighted by Crippen LogP contribution is -2.40. The number of rotatable bonds is 2. The number of hydrogen-bond acceptors (Lipinski definition) is 6. The van der Waals surface area contributed by atoms with Crippen LogP contribution in [0.5, 0.6) is 0 Å². The smallest absolute Gasteiger partial charge is 0.266 e. The SMILES string of the molecule is Cc1nc(-c2cc3nccc(Cl)c3s2)sc1C(=O)N1CCOCC1. The van der Waals surface area contributed by atoms with Crippen LogP contribution in [0, 0.1) is 6.92 Å². The van der Waals surface area contributed by atoms with Gasteiger partial charge in [-0.25, -0.2) is 4.98 Å². The van der Waals surface area contributed by atoms with E-state index in [1.807, 2.05) is 17.9 Å². The Morgan fingerprint density at radius 2 is 2.12 bits per heavy atom. The molecule has 0 bridgehead atoms. The van der Waals surface area contributed by atoms with Gasteiger partial charge in [0.15, 0.2) is 0 Å². The van der Waals surface area contributed by atoms with Gasteiger partial charge in [-0.15, -0.1) is 22.7 Å². The molecule has 5 nitrogen and oxygen atoms in total. The molecule has 1 amide bonds. The highest BCUT2D eigenvalue weighted by Gasteiger charge is 2.24. The molecule has 0 spiro atoms. The molecule has 3 aromatic heterocycles. The first kappa shape index (κ1) is 16.0. The van der Waals surface area contributed by atoms with Crippen LogP contribution in [0.25, 0.3) is 20.1 Å². The van der Waals surface area contributed by atoms with Gasteiger partial charge in [-0.1, -0.05) is 11.6 Å². The summed E-state index contributed by atoms with van der Waals surface area (Å²) in [6.45, 7) is 4.34. The van der Waals surface area contributed by atoms with E-state index in [0.29, 0.717) is 36.2 Å². The fourth-order valence-electron chi connectivity index (χ4n) is 2.62. The van der Waals surface area contributed by atoms with E-state index in [1.165, 1.54) is 11.3 Å². The minimum atomic E-state index is 0.0387. The first-order chi connectivity index (χ1) is 11.6. The number of fused-ring (bicyclic) bond motifs is 1. The number of aromatic nitrogens is 2. The summed E-state index contributed by atoms with van der Waals surface area (Å²) in [7, 11) is 0. The second-order valence-electron chi connectivity index (χ2n) is 5.46. The fourth-order valence-corrected chi connectivity index (χ4v) is 4.99. The van der Waals surface area contributed by atoms with Gasteiger partial charge in [0, 0.05) is 19.3 Å². The van der Waals surface area contributed by atoms with Gasteiger partial charge in [-0.3, -0.25) is 9.78 Å². The highest BCUT2D eigenvalue weighted by Crippen LogP contribution is 2.38. The largest absolute Gasteiger partial charge is 0.378 e. The van der Waals surface area contributed by atoms with Crippen molar-refractivity contribution in [1.29, 1.82) is 0 Å². The number of amides is 1. The van der Waals surface area contributed by atoms with Crippen molar-refractivity contribution in [2.75, 3.05) is 26.3 Å². The van der Waals surface area contributed by atoms with Gasteiger partial charge in [0.25, 0.3) is 5.91 Å². The standard InChI is InChI=1S/C16H14ClN3O2S2/c1-9-13(16(21)20-4-6-22-7-5-20)24-15(19-9)12-8-11-14(23-12)10(17)2-3-18-11/h2-3,8H,4-7H2,1H3. The number of carbonyl (C=O) groups is 1. The predicted molar refractivity (Wildman–Crippen MR) is 97.2 cm³/mol. The molecule has 3 aromatic rings. The molecule has 8 heteroatoms. The van der Waals surface area contributed by atoms with Crippen LogP contribution in [-0.2, 0) is 4.74 Å². The number of pyridine rings is 1. The number of thiazole rings is 1. The Hall–Kier alpha value is -1.54. The first-order valence-electron chi connectivity index (χ1n) is 7.52. The van der Waals surface area contributed by atoms with Crippen LogP contribution in [-0.4, -0.2) is 47.1 Å². The van der Waals surface area contributed by atoms with Crippen molar-refractivity contribution in [2.45, 2.75) is 6.92 Å². The first-order valence-corrected chi connectivity index (χ1v) is 9.53. The molecule has 24 heavy (non-hydrogen) atoms. The van der Waals surface area contributed by atoms with Gasteiger partial charge in [0.05, 0.1) is 39.0 Å². The molecule has 1 aliphatic rings. The summed E-state index contributed by atoms with van der Waals surface area (Å²) in [6.07, 6.45) is 1.70. The number of ether oxygens (including phenoxy) is 1. The Morgan fingerprint density at radius 1 is 1.33 bits per heavy atom. The number of morpholine rings is 1. The van der Waals surface area contributed by atoms with Gasteiger partial charge >= 0.3 is 0 Å². The Morgan fingerprint density at radius 3 is 2.88 bits per heavy atom. The third kappa shape index (κ3) is 2.82. The fraction of sp³-hybridized carbons (Fsp3) is 0.312. The Kier molecular flexibility index (Phi) is 4.26. The number of thiophene rings is 1. The summed E-state index contributed by atoms with van der Waals surface area (Å²) in [5.74, 6) is 0.0387. The molecule has 0 saturated carbocycles. The summed E-state index contributed by atoms with van der Waals surface area (Å²) in [5, 5.41) is 1.53. The molecule has 0 atom stereocenters. The van der Waals surface area contributed by atoms with Gasteiger partial charge < -0.3 is 9.64 Å². The minimum absolute atomic E-state index is 0.0387. The average Bonchev–Trinajstić information content (AvgIpc) is 3.19. The van der Waals surface area contributed by atoms with Crippen molar-refractivity contribution in [3.05, 3.63) is 33.9 Å². The van der Waals surface area contributed by atoms with Gasteiger partial charge in [-0.2, -0.15) is 0 Å². The number of nitrogens with zero attached hydrogens (tertiary/aromatic N) is 3. The zero-order valence-corrected chi connectivity index (χ0v) is 15.3. The van der Waals surface area contributed by atoms with E-state index in [-0.39, 0.29) is 5.91 Å². The maximum Gasteiger partial charge on any atom is 0.266 e.